The van der Waals surface area contributed by atoms with Crippen LogP contribution in [0.5, 0.6) is 0 Å². The molecule has 0 N–H and O–H groups in total. The second-order valence-electron chi connectivity index (χ2n) is 2.56. The molecule has 2 heteroatoms. The topological polar surface area (TPSA) is 24.7 Å². The monoisotopic (exact) mass is 156 g/mol. The molecule has 0 aliphatic heterocycles. The van der Waals surface area contributed by atoms with Crippen molar-refractivity contribution in [1.82, 2.24) is 0 Å². The van der Waals surface area contributed by atoms with E-state index in [-0.39, 0.29) is 0 Å². The minimum absolute atomic E-state index is 0.494. The van der Waals surface area contributed by atoms with Gasteiger partial charge in [-0.25, -0.2) is 0 Å². The molecule has 0 aromatic heterocycles. The van der Waals surface area contributed by atoms with Gasteiger partial charge in [0.2, 0.25) is 0 Å². The Balaban J connectivity index is 0. The molecule has 0 fully saturated rings. The van der Waals surface area contributed by atoms with Crippen LogP contribution in [0.2, 0.25) is 0 Å². The van der Waals surface area contributed by atoms with Gasteiger partial charge in [-0.3, -0.25) is 0 Å². The van der Waals surface area contributed by atoms with Crippen molar-refractivity contribution in [2.45, 2.75) is 41.5 Å². The van der Waals surface area contributed by atoms with Crippen LogP contribution in [-0.2, 0) is 0 Å². The van der Waals surface area contributed by atoms with Gasteiger partial charge in [-0.15, -0.1) is 0 Å². The van der Waals surface area contributed by atoms with Crippen molar-refractivity contribution < 1.29 is 0 Å². The lowest BCUT2D eigenvalue weighted by molar-refractivity contribution is 0.900. The first kappa shape index (κ1) is 13.0. The van der Waals surface area contributed by atoms with E-state index in [1.807, 2.05) is 33.9 Å². The van der Waals surface area contributed by atoms with Crippen molar-refractivity contribution in [1.29, 1.82) is 0 Å². The molecule has 2 nitrogen and oxygen atoms in total. The van der Waals surface area contributed by atoms with E-state index in [0.29, 0.717) is 5.92 Å². The lowest BCUT2D eigenvalue weighted by Crippen LogP contribution is -1.86. The fraction of sp³-hybridized carbons (Fsp3) is 0.778. The van der Waals surface area contributed by atoms with Gasteiger partial charge in [-0.2, -0.15) is 10.2 Å². The van der Waals surface area contributed by atoms with E-state index in [2.05, 4.69) is 24.1 Å². The molecule has 0 amide bonds. The Morgan fingerprint density at radius 1 is 1.18 bits per heavy atom. The molecular weight excluding hydrogens is 136 g/mol. The van der Waals surface area contributed by atoms with E-state index >= 15 is 0 Å². The van der Waals surface area contributed by atoms with Crippen LogP contribution in [0.1, 0.15) is 41.5 Å². The normalized spacial score (nSPS) is 9.36. The van der Waals surface area contributed by atoms with Crippen molar-refractivity contribution in [2.24, 2.45) is 16.1 Å². The quantitative estimate of drug-likeness (QED) is 0.433. The molecule has 11 heavy (non-hydrogen) atoms. The minimum atomic E-state index is 0.494. The maximum atomic E-state index is 3.85. The van der Waals surface area contributed by atoms with Crippen LogP contribution in [0.4, 0.5) is 0 Å². The van der Waals surface area contributed by atoms with Crippen LogP contribution >= 0.6 is 0 Å². The summed E-state index contributed by atoms with van der Waals surface area (Å²) in [6.45, 7) is 12.0. The third kappa shape index (κ3) is 17.6. The Bertz CT molecular complexity index is 120. The predicted octanol–water partition coefficient (Wildman–Crippen LogP) is 3.14. The number of nitrogens with zero attached hydrogens (tertiary/aromatic N) is 2. The van der Waals surface area contributed by atoms with E-state index in [1.54, 1.807) is 0 Å². The Morgan fingerprint density at radius 3 is 1.91 bits per heavy atom. The fourth-order valence-electron chi connectivity index (χ4n) is 0.282. The molecule has 0 rings (SSSR count). The van der Waals surface area contributed by atoms with Crippen LogP contribution in [0.15, 0.2) is 10.2 Å². The van der Waals surface area contributed by atoms with Gasteiger partial charge in [0.1, 0.15) is 0 Å². The van der Waals surface area contributed by atoms with Gasteiger partial charge in [0.25, 0.3) is 0 Å². The van der Waals surface area contributed by atoms with Gasteiger partial charge in [-0.1, -0.05) is 27.7 Å². The summed E-state index contributed by atoms with van der Waals surface area (Å²) in [5, 5.41) is 7.68. The molecular formula is C9H20N2. The SMILES string of the molecule is CC.CC(C)=N/N=C\C(C)C. The Labute approximate surface area is 70.4 Å². The molecule has 0 spiro atoms. The largest absolute Gasteiger partial charge is 0.163 e. The van der Waals surface area contributed by atoms with Gasteiger partial charge in [-0.05, 0) is 19.8 Å². The summed E-state index contributed by atoms with van der Waals surface area (Å²) in [5.41, 5.74) is 0.992. The van der Waals surface area contributed by atoms with E-state index in [1.165, 1.54) is 0 Å². The summed E-state index contributed by atoms with van der Waals surface area (Å²) in [6.07, 6.45) is 1.83. The Hall–Kier alpha value is -0.660. The smallest absolute Gasteiger partial charge is 0.0344 e. The Kier molecular flexibility index (Phi) is 11.0. The molecule has 0 aromatic carbocycles. The first-order valence-corrected chi connectivity index (χ1v) is 4.17. The van der Waals surface area contributed by atoms with Crippen molar-refractivity contribution in [2.75, 3.05) is 0 Å². The highest BCUT2D eigenvalue weighted by molar-refractivity contribution is 5.79. The zero-order valence-electron chi connectivity index (χ0n) is 8.55. The predicted molar refractivity (Wildman–Crippen MR) is 53.5 cm³/mol. The first-order chi connectivity index (χ1) is 5.13. The standard InChI is InChI=1S/C7H14N2.C2H6/c1-6(2)5-8-9-7(3)4;1-2/h5-6H,1-4H3;1-2H3/b8-5-;. The molecule has 66 valence electrons. The summed E-state index contributed by atoms with van der Waals surface area (Å²) in [4.78, 5) is 0. The van der Waals surface area contributed by atoms with Crippen molar-refractivity contribution in [3.63, 3.8) is 0 Å². The number of rotatable bonds is 2. The highest BCUT2D eigenvalue weighted by Gasteiger charge is 1.81. The van der Waals surface area contributed by atoms with Gasteiger partial charge < -0.3 is 0 Å². The highest BCUT2D eigenvalue weighted by Crippen LogP contribution is 1.85. The summed E-state index contributed by atoms with van der Waals surface area (Å²) in [6, 6.07) is 0. The summed E-state index contributed by atoms with van der Waals surface area (Å²) in [5.74, 6) is 0.494. The maximum Gasteiger partial charge on any atom is 0.0344 e. The second-order valence-corrected chi connectivity index (χ2v) is 2.56. The van der Waals surface area contributed by atoms with Gasteiger partial charge in [0, 0.05) is 11.9 Å². The third-order valence-corrected chi connectivity index (χ3v) is 0.623. The van der Waals surface area contributed by atoms with Gasteiger partial charge >= 0.3 is 0 Å². The summed E-state index contributed by atoms with van der Waals surface area (Å²) < 4.78 is 0. The van der Waals surface area contributed by atoms with Crippen molar-refractivity contribution in [3.8, 4) is 0 Å². The first-order valence-electron chi connectivity index (χ1n) is 4.17. The highest BCUT2D eigenvalue weighted by atomic mass is 15.2. The summed E-state index contributed by atoms with van der Waals surface area (Å²) in [7, 11) is 0. The molecule has 0 bridgehead atoms. The zero-order valence-corrected chi connectivity index (χ0v) is 8.55. The molecule has 0 aliphatic carbocycles. The summed E-state index contributed by atoms with van der Waals surface area (Å²) >= 11 is 0. The average molecular weight is 156 g/mol. The van der Waals surface area contributed by atoms with E-state index in [9.17, 15) is 0 Å². The van der Waals surface area contributed by atoms with Crippen molar-refractivity contribution in [3.05, 3.63) is 0 Å². The minimum Gasteiger partial charge on any atom is -0.163 e. The molecule has 0 aliphatic rings. The van der Waals surface area contributed by atoms with Crippen LogP contribution in [0.3, 0.4) is 0 Å². The molecule has 0 saturated heterocycles. The number of hydrogen-bond acceptors (Lipinski definition) is 2. The molecule has 0 heterocycles. The average Bonchev–Trinajstić information content (AvgIpc) is 1.90. The fourth-order valence-corrected chi connectivity index (χ4v) is 0.282. The zero-order chi connectivity index (χ0) is 9.28. The van der Waals surface area contributed by atoms with Crippen molar-refractivity contribution >= 4 is 11.9 Å². The lowest BCUT2D eigenvalue weighted by atomic mass is 10.3. The van der Waals surface area contributed by atoms with Gasteiger partial charge in [0.15, 0.2) is 0 Å². The van der Waals surface area contributed by atoms with Gasteiger partial charge in [0.05, 0.1) is 0 Å². The van der Waals surface area contributed by atoms with Crippen LogP contribution in [0.25, 0.3) is 0 Å². The molecule has 0 saturated carbocycles. The number of hydrogen-bond donors (Lipinski definition) is 0. The second kappa shape index (κ2) is 9.34. The molecule has 0 aromatic rings. The Morgan fingerprint density at radius 2 is 1.64 bits per heavy atom. The molecule has 0 radical (unpaired) electrons. The van der Waals surface area contributed by atoms with Crippen LogP contribution in [0, 0.1) is 5.92 Å². The lowest BCUT2D eigenvalue weighted by Gasteiger charge is -1.88. The maximum absolute atomic E-state index is 3.85. The van der Waals surface area contributed by atoms with Crippen LogP contribution in [-0.4, -0.2) is 11.9 Å². The van der Waals surface area contributed by atoms with E-state index in [4.69, 9.17) is 0 Å². The molecule has 0 unspecified atom stereocenters. The third-order valence-electron chi connectivity index (χ3n) is 0.623. The molecule has 0 atom stereocenters. The van der Waals surface area contributed by atoms with Crippen LogP contribution < -0.4 is 0 Å². The van der Waals surface area contributed by atoms with E-state index in [0.717, 1.165) is 5.71 Å². The van der Waals surface area contributed by atoms with E-state index < -0.39 is 0 Å².